The number of phenolic OH excluding ortho intramolecular Hbond substituents is 1. The van der Waals surface area contributed by atoms with Crippen molar-refractivity contribution in [3.8, 4) is 11.5 Å². The molecule has 7 heteroatoms. The molecule has 1 aliphatic heterocycles. The van der Waals surface area contributed by atoms with Crippen LogP contribution in [-0.4, -0.2) is 43.9 Å². The highest BCUT2D eigenvalue weighted by Gasteiger charge is 2.23. The number of aliphatic imine (C=N–C) groups is 1. The zero-order valence-electron chi connectivity index (χ0n) is 16.3. The number of rotatable bonds is 6. The molecule has 1 saturated heterocycles. The van der Waals surface area contributed by atoms with Gasteiger partial charge in [-0.1, -0.05) is 28.1 Å². The molecule has 28 heavy (non-hydrogen) atoms. The summed E-state index contributed by atoms with van der Waals surface area (Å²) in [6.07, 6.45) is 1.05. The summed E-state index contributed by atoms with van der Waals surface area (Å²) in [6, 6.07) is 14.2. The Morgan fingerprint density at radius 1 is 1.29 bits per heavy atom. The Hall–Kier alpha value is -2.41. The minimum atomic E-state index is 0.145. The summed E-state index contributed by atoms with van der Waals surface area (Å²) in [4.78, 5) is 7.02. The summed E-state index contributed by atoms with van der Waals surface area (Å²) < 4.78 is 6.26. The largest absolute Gasteiger partial charge is 0.504 e. The van der Waals surface area contributed by atoms with Crippen molar-refractivity contribution in [3.63, 3.8) is 0 Å². The molecule has 2 aromatic rings. The number of aromatic hydroxyl groups is 1. The van der Waals surface area contributed by atoms with Crippen LogP contribution in [0.2, 0.25) is 0 Å². The van der Waals surface area contributed by atoms with Crippen LogP contribution in [-0.2, 0) is 6.54 Å². The lowest BCUT2D eigenvalue weighted by Crippen LogP contribution is -2.44. The third-order valence-corrected chi connectivity index (χ3v) is 5.30. The van der Waals surface area contributed by atoms with E-state index in [0.29, 0.717) is 18.3 Å². The molecule has 0 bridgehead atoms. The van der Waals surface area contributed by atoms with Gasteiger partial charge in [0, 0.05) is 41.4 Å². The van der Waals surface area contributed by atoms with Gasteiger partial charge in [-0.25, -0.2) is 4.99 Å². The quantitative estimate of drug-likeness (QED) is 0.467. The van der Waals surface area contributed by atoms with Crippen LogP contribution in [0.25, 0.3) is 0 Å². The van der Waals surface area contributed by atoms with Gasteiger partial charge in [0.15, 0.2) is 17.5 Å². The van der Waals surface area contributed by atoms with Gasteiger partial charge in [-0.3, -0.25) is 0 Å². The van der Waals surface area contributed by atoms with Gasteiger partial charge < -0.3 is 25.4 Å². The lowest BCUT2D eigenvalue weighted by Gasteiger charge is -2.20. The lowest BCUT2D eigenvalue weighted by atomic mass is 10.2. The van der Waals surface area contributed by atoms with Crippen LogP contribution in [0.4, 0.5) is 5.69 Å². The van der Waals surface area contributed by atoms with Crippen LogP contribution < -0.4 is 20.3 Å². The number of nitrogens with one attached hydrogen (secondary N) is 2. The number of phenols is 1. The molecule has 150 valence electrons. The summed E-state index contributed by atoms with van der Waals surface area (Å²) in [7, 11) is 1.55. The van der Waals surface area contributed by atoms with E-state index in [0.717, 1.165) is 42.1 Å². The van der Waals surface area contributed by atoms with Crippen LogP contribution in [0.15, 0.2) is 51.9 Å². The van der Waals surface area contributed by atoms with Crippen LogP contribution >= 0.6 is 15.9 Å². The average molecular weight is 447 g/mol. The monoisotopic (exact) mass is 446 g/mol. The molecule has 0 amide bonds. The fourth-order valence-corrected chi connectivity index (χ4v) is 3.57. The van der Waals surface area contributed by atoms with Gasteiger partial charge in [0.25, 0.3) is 0 Å². The predicted octanol–water partition coefficient (Wildman–Crippen LogP) is 3.50. The minimum absolute atomic E-state index is 0.145. The molecule has 0 saturated carbocycles. The maximum atomic E-state index is 10.3. The molecule has 2 aromatic carbocycles. The van der Waals surface area contributed by atoms with Gasteiger partial charge in [0.05, 0.1) is 13.7 Å². The third kappa shape index (κ3) is 5.10. The highest BCUT2D eigenvalue weighted by molar-refractivity contribution is 9.10. The number of methoxy groups -OCH3 is 1. The number of hydrogen-bond acceptors (Lipinski definition) is 4. The first-order valence-corrected chi connectivity index (χ1v) is 10.3. The number of ether oxygens (including phenoxy) is 1. The number of guanidine groups is 1. The smallest absolute Gasteiger partial charge is 0.191 e. The number of anilines is 1. The molecule has 0 aliphatic carbocycles. The van der Waals surface area contributed by atoms with Crippen molar-refractivity contribution in [2.45, 2.75) is 25.9 Å². The van der Waals surface area contributed by atoms with E-state index in [2.05, 4.69) is 60.7 Å². The van der Waals surface area contributed by atoms with E-state index in [1.54, 1.807) is 13.2 Å². The van der Waals surface area contributed by atoms with Crippen LogP contribution in [0.1, 0.15) is 18.9 Å². The SMILES string of the molecule is CCNC(=NCc1cccc(OC)c1O)NC1CCN(c2ccc(Br)cc2)C1. The molecular weight excluding hydrogens is 420 g/mol. The van der Waals surface area contributed by atoms with Gasteiger partial charge in [0.1, 0.15) is 0 Å². The lowest BCUT2D eigenvalue weighted by molar-refractivity contribution is 0.370. The highest BCUT2D eigenvalue weighted by atomic mass is 79.9. The van der Waals surface area contributed by atoms with Crippen molar-refractivity contribution in [1.82, 2.24) is 10.6 Å². The summed E-state index contributed by atoms with van der Waals surface area (Å²) in [5.41, 5.74) is 1.97. The molecule has 6 nitrogen and oxygen atoms in total. The first kappa shape index (κ1) is 20.3. The Kier molecular flexibility index (Phi) is 7.03. The summed E-state index contributed by atoms with van der Waals surface area (Å²) in [6.45, 7) is 5.13. The zero-order chi connectivity index (χ0) is 19.9. The van der Waals surface area contributed by atoms with Crippen molar-refractivity contribution in [1.29, 1.82) is 0 Å². The molecule has 0 radical (unpaired) electrons. The van der Waals surface area contributed by atoms with Gasteiger partial charge in [0.2, 0.25) is 0 Å². The van der Waals surface area contributed by atoms with Crippen molar-refractivity contribution < 1.29 is 9.84 Å². The maximum Gasteiger partial charge on any atom is 0.191 e. The fraction of sp³-hybridized carbons (Fsp3) is 0.381. The summed E-state index contributed by atoms with van der Waals surface area (Å²) in [5.74, 6) is 1.37. The van der Waals surface area contributed by atoms with Crippen molar-refractivity contribution in [3.05, 3.63) is 52.5 Å². The molecular formula is C21H27BrN4O2. The molecule has 1 atom stereocenters. The van der Waals surface area contributed by atoms with Gasteiger partial charge in [-0.05, 0) is 43.7 Å². The standard InChI is InChI=1S/C21H27BrN4O2/c1-3-23-21(24-13-15-5-4-6-19(28-2)20(15)27)25-17-11-12-26(14-17)18-9-7-16(22)8-10-18/h4-10,17,27H,3,11-14H2,1-2H3,(H2,23,24,25). The molecule has 1 fully saturated rings. The second-order valence-corrected chi connectivity index (χ2v) is 7.63. The molecule has 1 unspecified atom stereocenters. The van der Waals surface area contributed by atoms with Gasteiger partial charge in [-0.15, -0.1) is 0 Å². The number of hydrogen-bond donors (Lipinski definition) is 3. The molecule has 0 aromatic heterocycles. The Morgan fingerprint density at radius 2 is 2.07 bits per heavy atom. The Balaban J connectivity index is 1.63. The summed E-state index contributed by atoms with van der Waals surface area (Å²) in [5, 5.41) is 17.1. The zero-order valence-corrected chi connectivity index (χ0v) is 17.9. The van der Waals surface area contributed by atoms with E-state index in [-0.39, 0.29) is 5.75 Å². The molecule has 1 heterocycles. The molecule has 3 rings (SSSR count). The molecule has 3 N–H and O–H groups in total. The second-order valence-electron chi connectivity index (χ2n) is 6.72. The number of nitrogens with zero attached hydrogens (tertiary/aromatic N) is 2. The molecule has 1 aliphatic rings. The van der Waals surface area contributed by atoms with E-state index in [1.807, 2.05) is 19.1 Å². The van der Waals surface area contributed by atoms with Crippen LogP contribution in [0.3, 0.4) is 0 Å². The van der Waals surface area contributed by atoms with Gasteiger partial charge in [-0.2, -0.15) is 0 Å². The normalized spacial score (nSPS) is 16.9. The van der Waals surface area contributed by atoms with Gasteiger partial charge >= 0.3 is 0 Å². The van der Waals surface area contributed by atoms with Crippen molar-refractivity contribution in [2.24, 2.45) is 4.99 Å². The molecule has 0 spiro atoms. The first-order valence-electron chi connectivity index (χ1n) is 9.51. The van der Waals surface area contributed by atoms with E-state index in [9.17, 15) is 5.11 Å². The Morgan fingerprint density at radius 3 is 2.79 bits per heavy atom. The fourth-order valence-electron chi connectivity index (χ4n) is 3.30. The third-order valence-electron chi connectivity index (χ3n) is 4.78. The topological polar surface area (TPSA) is 69.1 Å². The summed E-state index contributed by atoms with van der Waals surface area (Å²) >= 11 is 3.49. The predicted molar refractivity (Wildman–Crippen MR) is 117 cm³/mol. The number of benzene rings is 2. The average Bonchev–Trinajstić information content (AvgIpc) is 3.16. The van der Waals surface area contributed by atoms with Crippen molar-refractivity contribution >= 4 is 27.6 Å². The first-order chi connectivity index (χ1) is 13.6. The number of para-hydroxylation sites is 1. The Bertz CT molecular complexity index is 811. The van der Waals surface area contributed by atoms with Crippen LogP contribution in [0.5, 0.6) is 11.5 Å². The van der Waals surface area contributed by atoms with E-state index >= 15 is 0 Å². The highest BCUT2D eigenvalue weighted by Crippen LogP contribution is 2.29. The number of halogens is 1. The minimum Gasteiger partial charge on any atom is -0.504 e. The van der Waals surface area contributed by atoms with Crippen molar-refractivity contribution in [2.75, 3.05) is 31.6 Å². The second kappa shape index (κ2) is 9.68. The van der Waals surface area contributed by atoms with E-state index in [4.69, 9.17) is 4.74 Å². The Labute approximate surface area is 174 Å². The van der Waals surface area contributed by atoms with E-state index < -0.39 is 0 Å². The maximum absolute atomic E-state index is 10.3. The van der Waals surface area contributed by atoms with Crippen LogP contribution in [0, 0.1) is 0 Å². The van der Waals surface area contributed by atoms with E-state index in [1.165, 1.54) is 5.69 Å².